The number of ether oxygens (including phenoxy) is 1. The first kappa shape index (κ1) is 12.5. The molecule has 0 unspecified atom stereocenters. The van der Waals surface area contributed by atoms with Crippen LogP contribution in [0.2, 0.25) is 0 Å². The summed E-state index contributed by atoms with van der Waals surface area (Å²) in [5, 5.41) is 36.7. The third-order valence-electron chi connectivity index (χ3n) is 2.07. The van der Waals surface area contributed by atoms with Crippen molar-refractivity contribution in [1.82, 2.24) is 0 Å². The van der Waals surface area contributed by atoms with Crippen LogP contribution in [0, 0.1) is 0 Å². The van der Waals surface area contributed by atoms with Crippen LogP contribution < -0.4 is 0 Å². The Balaban J connectivity index is 2.88. The molecule has 1 aliphatic heterocycles. The van der Waals surface area contributed by atoms with Crippen LogP contribution in [0.15, 0.2) is 4.36 Å². The third kappa shape index (κ3) is 2.71. The van der Waals surface area contributed by atoms with Gasteiger partial charge in [0, 0.05) is 0 Å². The normalized spacial score (nSPS) is 41.2. The van der Waals surface area contributed by atoms with Crippen LogP contribution in [-0.2, 0) is 15.2 Å². The summed E-state index contributed by atoms with van der Waals surface area (Å²) in [7, 11) is -2.83. The van der Waals surface area contributed by atoms with E-state index in [0.717, 1.165) is 0 Å². The standard InChI is InChI=1S/C6H11NO7S/c8-1-2-4(9)5(10)3(6(11)14-2)7-15(12)13/h2-6,8-11H,1H2/t2-,3-,4-,5-,6+/m1/s1. The smallest absolute Gasteiger partial charge is 0.311 e. The van der Waals surface area contributed by atoms with Crippen molar-refractivity contribution >= 4 is 10.5 Å². The summed E-state index contributed by atoms with van der Waals surface area (Å²) in [4.78, 5) is 0. The number of rotatable bonds is 2. The molecule has 15 heavy (non-hydrogen) atoms. The minimum atomic E-state index is -2.83. The number of hydrogen-bond donors (Lipinski definition) is 4. The molecule has 0 amide bonds. The molecule has 1 rings (SSSR count). The van der Waals surface area contributed by atoms with Crippen molar-refractivity contribution in [3.63, 3.8) is 0 Å². The van der Waals surface area contributed by atoms with Crippen molar-refractivity contribution in [2.45, 2.75) is 30.6 Å². The van der Waals surface area contributed by atoms with Gasteiger partial charge in [-0.3, -0.25) is 0 Å². The van der Waals surface area contributed by atoms with Gasteiger partial charge in [-0.05, 0) is 0 Å². The summed E-state index contributed by atoms with van der Waals surface area (Å²) in [6, 6.07) is -1.49. The third-order valence-corrected chi connectivity index (χ3v) is 2.49. The van der Waals surface area contributed by atoms with Gasteiger partial charge in [0.1, 0.15) is 24.4 Å². The second-order valence-electron chi connectivity index (χ2n) is 3.04. The second-order valence-corrected chi connectivity index (χ2v) is 3.69. The highest BCUT2D eigenvalue weighted by atomic mass is 32.2. The molecule has 1 aliphatic rings. The molecule has 0 aromatic carbocycles. The lowest BCUT2D eigenvalue weighted by molar-refractivity contribution is -0.248. The van der Waals surface area contributed by atoms with Crippen molar-refractivity contribution in [2.75, 3.05) is 6.61 Å². The molecule has 8 nitrogen and oxygen atoms in total. The van der Waals surface area contributed by atoms with Crippen LogP contribution >= 0.6 is 0 Å². The van der Waals surface area contributed by atoms with Gasteiger partial charge in [0.15, 0.2) is 6.29 Å². The number of nitrogens with zero attached hydrogens (tertiary/aromatic N) is 1. The monoisotopic (exact) mass is 241 g/mol. The van der Waals surface area contributed by atoms with E-state index in [1.807, 2.05) is 0 Å². The van der Waals surface area contributed by atoms with E-state index in [0.29, 0.717) is 0 Å². The van der Waals surface area contributed by atoms with Gasteiger partial charge in [-0.25, -0.2) is 0 Å². The molecular weight excluding hydrogens is 230 g/mol. The molecule has 1 saturated heterocycles. The van der Waals surface area contributed by atoms with Crippen molar-refractivity contribution in [2.24, 2.45) is 4.36 Å². The largest absolute Gasteiger partial charge is 0.394 e. The Morgan fingerprint density at radius 3 is 2.27 bits per heavy atom. The topological polar surface area (TPSA) is 137 Å². The van der Waals surface area contributed by atoms with E-state index >= 15 is 0 Å². The van der Waals surface area contributed by atoms with Crippen LogP contribution in [0.25, 0.3) is 0 Å². The maximum absolute atomic E-state index is 10.2. The molecule has 5 atom stereocenters. The van der Waals surface area contributed by atoms with Gasteiger partial charge in [-0.1, -0.05) is 0 Å². The first-order valence-electron chi connectivity index (χ1n) is 4.08. The van der Waals surface area contributed by atoms with Crippen LogP contribution in [0.1, 0.15) is 0 Å². The highest BCUT2D eigenvalue weighted by molar-refractivity contribution is 7.61. The molecule has 0 saturated carbocycles. The fourth-order valence-corrected chi connectivity index (χ4v) is 1.72. The van der Waals surface area contributed by atoms with Crippen LogP contribution in [0.3, 0.4) is 0 Å². The van der Waals surface area contributed by atoms with E-state index in [4.69, 9.17) is 5.11 Å². The van der Waals surface area contributed by atoms with Gasteiger partial charge in [0.05, 0.1) is 6.61 Å². The predicted octanol–water partition coefficient (Wildman–Crippen LogP) is -3.15. The summed E-state index contributed by atoms with van der Waals surface area (Å²) < 4.78 is 28.1. The Hall–Kier alpha value is -0.580. The lowest BCUT2D eigenvalue weighted by Crippen LogP contribution is -2.57. The second kappa shape index (κ2) is 4.96. The molecule has 1 fully saturated rings. The Kier molecular flexibility index (Phi) is 4.13. The first-order chi connectivity index (χ1) is 6.97. The van der Waals surface area contributed by atoms with Crippen molar-refractivity contribution in [3.8, 4) is 0 Å². The predicted molar refractivity (Wildman–Crippen MR) is 45.1 cm³/mol. The molecular formula is C6H11NO7S. The molecule has 88 valence electrons. The number of aliphatic hydroxyl groups is 4. The van der Waals surface area contributed by atoms with E-state index in [1.165, 1.54) is 0 Å². The maximum atomic E-state index is 10.2. The molecule has 4 N–H and O–H groups in total. The van der Waals surface area contributed by atoms with Gasteiger partial charge < -0.3 is 25.2 Å². The highest BCUT2D eigenvalue weighted by Gasteiger charge is 2.44. The lowest BCUT2D eigenvalue weighted by Gasteiger charge is -2.37. The van der Waals surface area contributed by atoms with Gasteiger partial charge in [0.2, 0.25) is 0 Å². The van der Waals surface area contributed by atoms with E-state index < -0.39 is 47.8 Å². The molecule has 0 radical (unpaired) electrons. The van der Waals surface area contributed by atoms with Crippen molar-refractivity contribution in [1.29, 1.82) is 0 Å². The maximum Gasteiger partial charge on any atom is 0.311 e. The minimum Gasteiger partial charge on any atom is -0.394 e. The summed E-state index contributed by atoms with van der Waals surface area (Å²) in [6.45, 7) is -0.609. The zero-order valence-electron chi connectivity index (χ0n) is 7.46. The van der Waals surface area contributed by atoms with E-state index in [2.05, 4.69) is 9.10 Å². The summed E-state index contributed by atoms with van der Waals surface area (Å²) in [5.74, 6) is 0. The average Bonchev–Trinajstić information content (AvgIpc) is 2.18. The lowest BCUT2D eigenvalue weighted by atomic mass is 9.98. The highest BCUT2D eigenvalue weighted by Crippen LogP contribution is 2.21. The molecule has 0 aromatic heterocycles. The quantitative estimate of drug-likeness (QED) is 0.400. The van der Waals surface area contributed by atoms with Crippen LogP contribution in [0.5, 0.6) is 0 Å². The zero-order chi connectivity index (χ0) is 11.6. The summed E-state index contributed by atoms with van der Waals surface area (Å²) in [6.07, 6.45) is -5.96. The molecule has 1 heterocycles. The van der Waals surface area contributed by atoms with Gasteiger partial charge >= 0.3 is 10.5 Å². The van der Waals surface area contributed by atoms with E-state index in [9.17, 15) is 23.7 Å². The summed E-state index contributed by atoms with van der Waals surface area (Å²) in [5.41, 5.74) is 0. The summed E-state index contributed by atoms with van der Waals surface area (Å²) >= 11 is 0. The number of hydrogen-bond acceptors (Lipinski definition) is 8. The van der Waals surface area contributed by atoms with Crippen LogP contribution in [-0.4, -0.2) is 66.1 Å². The van der Waals surface area contributed by atoms with E-state index in [1.54, 1.807) is 0 Å². The van der Waals surface area contributed by atoms with Gasteiger partial charge in [-0.2, -0.15) is 12.8 Å². The van der Waals surface area contributed by atoms with Crippen molar-refractivity contribution in [3.05, 3.63) is 0 Å². The number of aliphatic hydroxyl groups excluding tert-OH is 4. The first-order valence-corrected chi connectivity index (χ1v) is 5.11. The van der Waals surface area contributed by atoms with Crippen LogP contribution in [0.4, 0.5) is 0 Å². The molecule has 0 spiro atoms. The SMILES string of the molecule is O=S(=O)=N[C@@H]1[C@@H](O)[C@H](O)[C@@H](CO)O[C@@H]1O. The zero-order valence-corrected chi connectivity index (χ0v) is 8.28. The molecule has 0 bridgehead atoms. The molecule has 9 heteroatoms. The Morgan fingerprint density at radius 2 is 1.80 bits per heavy atom. The Bertz CT molecular complexity index is 333. The van der Waals surface area contributed by atoms with Gasteiger partial charge in [0.25, 0.3) is 0 Å². The molecule has 0 aliphatic carbocycles. The Labute approximate surface area is 86.4 Å². The minimum absolute atomic E-state index is 0.609. The van der Waals surface area contributed by atoms with Gasteiger partial charge in [-0.15, -0.1) is 0 Å². The fourth-order valence-electron chi connectivity index (χ4n) is 1.30. The van der Waals surface area contributed by atoms with E-state index in [-0.39, 0.29) is 0 Å². The van der Waals surface area contributed by atoms with Crippen molar-refractivity contribution < 1.29 is 33.6 Å². The Morgan fingerprint density at radius 1 is 1.20 bits per heavy atom. The molecule has 0 aromatic rings. The average molecular weight is 241 g/mol. The fraction of sp³-hybridized carbons (Fsp3) is 1.00.